The van der Waals surface area contributed by atoms with Crippen molar-refractivity contribution < 1.29 is 19.1 Å². The Morgan fingerprint density at radius 2 is 1.97 bits per heavy atom. The first-order valence-electron chi connectivity index (χ1n) is 12.5. The van der Waals surface area contributed by atoms with Gasteiger partial charge in [-0.05, 0) is 64.4 Å². The summed E-state index contributed by atoms with van der Waals surface area (Å²) in [5.41, 5.74) is 0.598. The number of nitrogens with one attached hydrogen (secondary N) is 2. The lowest BCUT2D eigenvalue weighted by Crippen LogP contribution is -2.50. The number of hydrogen-bond acceptors (Lipinski definition) is 9. The standard InChI is InChI=1S/C26H33N7O4/c1-26(2,3)37-25(35)33(20-5-4-10-28-16-20)22-17-29-21(15-27)23(31-22)30-19-8-6-18(7-9-19)24(34)32-11-13-36-14-12-32/h6-9,17,20,28H,4-5,10-14,16H2,1-3H3,(H,30,31)/t20-/m1/s1. The van der Waals surface area contributed by atoms with Crippen molar-refractivity contribution in [1.29, 1.82) is 5.26 Å². The van der Waals surface area contributed by atoms with Gasteiger partial charge in [0.25, 0.3) is 5.91 Å². The number of nitriles is 1. The lowest BCUT2D eigenvalue weighted by Gasteiger charge is -2.35. The number of hydrogen-bond donors (Lipinski definition) is 2. The van der Waals surface area contributed by atoms with Gasteiger partial charge in [-0.1, -0.05) is 0 Å². The first kappa shape index (κ1) is 26.3. The van der Waals surface area contributed by atoms with E-state index in [0.29, 0.717) is 49.9 Å². The highest BCUT2D eigenvalue weighted by Crippen LogP contribution is 2.26. The van der Waals surface area contributed by atoms with Crippen molar-refractivity contribution in [1.82, 2.24) is 20.2 Å². The van der Waals surface area contributed by atoms with Crippen LogP contribution in [0.3, 0.4) is 0 Å². The first-order valence-corrected chi connectivity index (χ1v) is 12.5. The molecule has 0 aliphatic carbocycles. The van der Waals surface area contributed by atoms with Gasteiger partial charge in [0.2, 0.25) is 0 Å². The van der Waals surface area contributed by atoms with E-state index >= 15 is 0 Å². The van der Waals surface area contributed by atoms with Gasteiger partial charge in [0.15, 0.2) is 17.3 Å². The number of ether oxygens (including phenoxy) is 2. The third-order valence-electron chi connectivity index (χ3n) is 6.03. The molecule has 1 aromatic heterocycles. The largest absolute Gasteiger partial charge is 0.443 e. The Balaban J connectivity index is 1.57. The molecule has 2 aliphatic heterocycles. The average molecular weight is 508 g/mol. The minimum Gasteiger partial charge on any atom is -0.443 e. The van der Waals surface area contributed by atoms with Crippen LogP contribution in [0.4, 0.5) is 22.1 Å². The Morgan fingerprint density at radius 1 is 1.24 bits per heavy atom. The molecular weight excluding hydrogens is 474 g/mol. The Bertz CT molecular complexity index is 1140. The highest BCUT2D eigenvalue weighted by Gasteiger charge is 2.32. The Hall–Kier alpha value is -3.75. The van der Waals surface area contributed by atoms with E-state index in [1.165, 1.54) is 11.1 Å². The molecule has 2 aromatic rings. The fraction of sp³-hybridized carbons (Fsp3) is 0.500. The number of piperidine rings is 1. The van der Waals surface area contributed by atoms with Crippen LogP contribution in [0, 0.1) is 11.3 Å². The molecule has 11 heteroatoms. The van der Waals surface area contributed by atoms with Gasteiger partial charge in [0.1, 0.15) is 11.7 Å². The summed E-state index contributed by atoms with van der Waals surface area (Å²) in [6.07, 6.45) is 2.60. The van der Waals surface area contributed by atoms with E-state index in [2.05, 4.69) is 20.6 Å². The number of morpholine rings is 1. The zero-order valence-corrected chi connectivity index (χ0v) is 21.5. The van der Waals surface area contributed by atoms with Crippen LogP contribution in [-0.4, -0.2) is 77.9 Å². The molecule has 1 aromatic carbocycles. The van der Waals surface area contributed by atoms with Gasteiger partial charge in [-0.15, -0.1) is 0 Å². The van der Waals surface area contributed by atoms with Crippen LogP contribution in [0.25, 0.3) is 0 Å². The summed E-state index contributed by atoms with van der Waals surface area (Å²) in [4.78, 5) is 38.1. The van der Waals surface area contributed by atoms with E-state index in [-0.39, 0.29) is 23.5 Å². The van der Waals surface area contributed by atoms with Crippen molar-refractivity contribution >= 4 is 29.3 Å². The Morgan fingerprint density at radius 3 is 2.59 bits per heavy atom. The van der Waals surface area contributed by atoms with Gasteiger partial charge < -0.3 is 25.0 Å². The summed E-state index contributed by atoms with van der Waals surface area (Å²) in [6.45, 7) is 9.13. The van der Waals surface area contributed by atoms with Gasteiger partial charge in [0.05, 0.1) is 25.5 Å². The van der Waals surface area contributed by atoms with Crippen LogP contribution in [-0.2, 0) is 9.47 Å². The molecular formula is C26H33N7O4. The van der Waals surface area contributed by atoms with Crippen LogP contribution >= 0.6 is 0 Å². The zero-order chi connectivity index (χ0) is 26.4. The molecule has 0 unspecified atom stereocenters. The minimum atomic E-state index is -0.682. The van der Waals surface area contributed by atoms with E-state index in [9.17, 15) is 14.9 Å². The van der Waals surface area contributed by atoms with Gasteiger partial charge in [-0.3, -0.25) is 9.69 Å². The van der Waals surface area contributed by atoms with Gasteiger partial charge in [-0.25, -0.2) is 14.8 Å². The lowest BCUT2D eigenvalue weighted by molar-refractivity contribution is 0.0303. The van der Waals surface area contributed by atoms with E-state index < -0.39 is 11.7 Å². The third-order valence-corrected chi connectivity index (χ3v) is 6.03. The van der Waals surface area contributed by atoms with E-state index in [0.717, 1.165) is 19.4 Å². The predicted octanol–water partition coefficient (Wildman–Crippen LogP) is 3.06. The van der Waals surface area contributed by atoms with Crippen molar-refractivity contribution in [2.24, 2.45) is 0 Å². The zero-order valence-electron chi connectivity index (χ0n) is 21.5. The number of carbonyl (C=O) groups excluding carboxylic acids is 2. The number of amides is 2. The predicted molar refractivity (Wildman–Crippen MR) is 138 cm³/mol. The molecule has 37 heavy (non-hydrogen) atoms. The minimum absolute atomic E-state index is 0.0524. The highest BCUT2D eigenvalue weighted by atomic mass is 16.6. The van der Waals surface area contributed by atoms with E-state index in [1.54, 1.807) is 29.2 Å². The summed E-state index contributed by atoms with van der Waals surface area (Å²) in [5.74, 6) is 0.455. The van der Waals surface area contributed by atoms with Crippen LogP contribution in [0.15, 0.2) is 30.5 Å². The molecule has 2 N–H and O–H groups in total. The highest BCUT2D eigenvalue weighted by molar-refractivity contribution is 5.94. The smallest absolute Gasteiger partial charge is 0.416 e. The second-order valence-electron chi connectivity index (χ2n) is 9.99. The van der Waals surface area contributed by atoms with Crippen LogP contribution in [0.1, 0.15) is 49.7 Å². The summed E-state index contributed by atoms with van der Waals surface area (Å²) >= 11 is 0. The second-order valence-corrected chi connectivity index (χ2v) is 9.99. The number of rotatable bonds is 5. The third kappa shape index (κ3) is 6.72. The molecule has 2 fully saturated rings. The van der Waals surface area contributed by atoms with Crippen LogP contribution in [0.2, 0.25) is 0 Å². The van der Waals surface area contributed by atoms with Crippen molar-refractivity contribution in [3.8, 4) is 6.07 Å². The molecule has 3 heterocycles. The van der Waals surface area contributed by atoms with Crippen molar-refractivity contribution in [2.75, 3.05) is 49.6 Å². The number of benzene rings is 1. The monoisotopic (exact) mass is 507 g/mol. The molecule has 4 rings (SSSR count). The van der Waals surface area contributed by atoms with E-state index in [4.69, 9.17) is 9.47 Å². The normalized spacial score (nSPS) is 18.0. The summed E-state index contributed by atoms with van der Waals surface area (Å²) < 4.78 is 11.0. The Kier molecular flexibility index (Phi) is 8.21. The van der Waals surface area contributed by atoms with Crippen molar-refractivity contribution in [3.63, 3.8) is 0 Å². The SMILES string of the molecule is CC(C)(C)OC(=O)N(c1cnc(C#N)c(Nc2ccc(C(=O)N3CCOCC3)cc2)n1)[C@@H]1CCCNC1. The first-order chi connectivity index (χ1) is 17.7. The van der Waals surface area contributed by atoms with Crippen molar-refractivity contribution in [2.45, 2.75) is 45.3 Å². The summed E-state index contributed by atoms with van der Waals surface area (Å²) in [5, 5.41) is 16.1. The molecule has 0 radical (unpaired) electrons. The van der Waals surface area contributed by atoms with Crippen LogP contribution in [0.5, 0.6) is 0 Å². The number of aromatic nitrogens is 2. The Labute approximate surface area is 216 Å². The molecule has 0 saturated carbocycles. The summed E-state index contributed by atoms with van der Waals surface area (Å²) in [6, 6.07) is 8.84. The second kappa shape index (κ2) is 11.5. The quantitative estimate of drug-likeness (QED) is 0.626. The maximum atomic E-state index is 13.2. The fourth-order valence-electron chi connectivity index (χ4n) is 4.24. The molecule has 0 spiro atoms. The topological polar surface area (TPSA) is 133 Å². The molecule has 2 amide bonds. The number of nitrogens with zero attached hydrogens (tertiary/aromatic N) is 5. The van der Waals surface area contributed by atoms with Gasteiger partial charge in [-0.2, -0.15) is 5.26 Å². The summed E-state index contributed by atoms with van der Waals surface area (Å²) in [7, 11) is 0. The fourth-order valence-corrected chi connectivity index (χ4v) is 4.24. The number of anilines is 3. The average Bonchev–Trinajstić information content (AvgIpc) is 2.89. The molecule has 0 bridgehead atoms. The molecule has 11 nitrogen and oxygen atoms in total. The lowest BCUT2D eigenvalue weighted by atomic mass is 10.1. The van der Waals surface area contributed by atoms with E-state index in [1.807, 2.05) is 26.8 Å². The van der Waals surface area contributed by atoms with Gasteiger partial charge in [0, 0.05) is 30.9 Å². The molecule has 2 saturated heterocycles. The van der Waals surface area contributed by atoms with Crippen LogP contribution < -0.4 is 15.5 Å². The molecule has 1 atom stereocenters. The maximum absolute atomic E-state index is 13.2. The molecule has 196 valence electrons. The maximum Gasteiger partial charge on any atom is 0.416 e. The van der Waals surface area contributed by atoms with Crippen molar-refractivity contribution in [3.05, 3.63) is 41.7 Å². The van der Waals surface area contributed by atoms with Gasteiger partial charge >= 0.3 is 6.09 Å². The molecule has 2 aliphatic rings. The number of carbonyl (C=O) groups is 2.